The highest BCUT2D eigenvalue weighted by Gasteiger charge is 2.14. The number of benzene rings is 1. The smallest absolute Gasteiger partial charge is 0.157 e. The monoisotopic (exact) mass is 305 g/mol. The van der Waals surface area contributed by atoms with Crippen LogP contribution in [0.4, 0.5) is 0 Å². The fourth-order valence-corrected chi connectivity index (χ4v) is 1.50. The van der Waals surface area contributed by atoms with Gasteiger partial charge in [0.25, 0.3) is 0 Å². The summed E-state index contributed by atoms with van der Waals surface area (Å²) in [4.78, 5) is 0. The molecule has 0 amide bonds. The molecule has 0 spiro atoms. The zero-order chi connectivity index (χ0) is 12.1. The lowest BCUT2D eigenvalue weighted by molar-refractivity contribution is 0.00801. The van der Waals surface area contributed by atoms with Gasteiger partial charge in [0.05, 0.1) is 12.2 Å². The van der Waals surface area contributed by atoms with E-state index in [4.69, 9.17) is 4.74 Å². The third-order valence-electron chi connectivity index (χ3n) is 2.20. The molecule has 0 bridgehead atoms. The maximum absolute atomic E-state index is 9.43. The Morgan fingerprint density at radius 2 is 1.88 bits per heavy atom. The first-order chi connectivity index (χ1) is 7.54. The number of nitrogens with one attached hydrogen (secondary N) is 1. The average molecular weight is 306 g/mol. The Bertz CT molecular complexity index is 345. The second-order valence-electron chi connectivity index (χ2n) is 3.98. The van der Waals surface area contributed by atoms with Crippen molar-refractivity contribution in [2.75, 3.05) is 13.6 Å². The summed E-state index contributed by atoms with van der Waals surface area (Å²) in [7, 11) is 1.84. The van der Waals surface area contributed by atoms with Gasteiger partial charge in [-0.3, -0.25) is 0 Å². The second kappa shape index (κ2) is 7.53. The van der Waals surface area contributed by atoms with Crippen LogP contribution in [0.3, 0.4) is 0 Å². The van der Waals surface area contributed by atoms with Crippen LogP contribution in [0, 0.1) is 0 Å². The quantitative estimate of drug-likeness (QED) is 0.731. The van der Waals surface area contributed by atoms with Gasteiger partial charge in [-0.2, -0.15) is 0 Å². The minimum absolute atomic E-state index is 0. The molecule has 0 aromatic heterocycles. The second-order valence-corrected chi connectivity index (χ2v) is 3.98. The number of likely N-dealkylation sites (N-methyl/N-ethyl adjacent to an activating group) is 1. The van der Waals surface area contributed by atoms with E-state index >= 15 is 0 Å². The van der Waals surface area contributed by atoms with E-state index in [9.17, 15) is 10.2 Å². The normalized spacial score (nSPS) is 12.2. The van der Waals surface area contributed by atoms with Crippen LogP contribution in [0.1, 0.15) is 25.5 Å². The molecule has 0 aliphatic rings. The van der Waals surface area contributed by atoms with Crippen LogP contribution in [-0.4, -0.2) is 29.9 Å². The molecule has 0 saturated heterocycles. The Morgan fingerprint density at radius 3 is 2.35 bits per heavy atom. The van der Waals surface area contributed by atoms with Crippen LogP contribution >= 0.6 is 17.0 Å². The highest BCUT2D eigenvalue weighted by atomic mass is 79.9. The van der Waals surface area contributed by atoms with Crippen molar-refractivity contribution in [3.63, 3.8) is 0 Å². The van der Waals surface area contributed by atoms with Gasteiger partial charge in [-0.25, -0.2) is 0 Å². The lowest BCUT2D eigenvalue weighted by Crippen LogP contribution is -2.22. The molecule has 1 atom stereocenters. The Balaban J connectivity index is 0.00000256. The van der Waals surface area contributed by atoms with E-state index in [0.717, 1.165) is 5.56 Å². The molecule has 4 nitrogen and oxygen atoms in total. The summed E-state index contributed by atoms with van der Waals surface area (Å²) in [6, 6.07) is 4.75. The molecule has 0 saturated carbocycles. The number of halogens is 1. The summed E-state index contributed by atoms with van der Waals surface area (Å²) in [5, 5.41) is 21.7. The summed E-state index contributed by atoms with van der Waals surface area (Å²) >= 11 is 0. The molecular weight excluding hydrogens is 286 g/mol. The highest BCUT2D eigenvalue weighted by molar-refractivity contribution is 8.93. The van der Waals surface area contributed by atoms with E-state index in [1.54, 1.807) is 6.07 Å². The van der Waals surface area contributed by atoms with Gasteiger partial charge in [-0.1, -0.05) is 6.07 Å². The Hall–Kier alpha value is -0.780. The van der Waals surface area contributed by atoms with E-state index in [2.05, 4.69) is 5.32 Å². The standard InChI is InChI=1S/C12H19NO3.BrH/c1-8(2)16-12(7-13-3)9-4-5-10(14)11(15)6-9;/h4-6,8,12-15H,7H2,1-3H3;1H. The van der Waals surface area contributed by atoms with Crippen molar-refractivity contribution in [2.45, 2.75) is 26.1 Å². The molecule has 5 heteroatoms. The third-order valence-corrected chi connectivity index (χ3v) is 2.20. The number of hydrogen-bond acceptors (Lipinski definition) is 4. The third kappa shape index (κ3) is 4.93. The van der Waals surface area contributed by atoms with Gasteiger partial charge in [-0.15, -0.1) is 17.0 Å². The van der Waals surface area contributed by atoms with Crippen LogP contribution in [0.15, 0.2) is 18.2 Å². The zero-order valence-corrected chi connectivity index (χ0v) is 12.0. The molecule has 0 fully saturated rings. The summed E-state index contributed by atoms with van der Waals surface area (Å²) in [5.74, 6) is -0.234. The van der Waals surface area contributed by atoms with E-state index in [0.29, 0.717) is 6.54 Å². The van der Waals surface area contributed by atoms with Gasteiger partial charge in [0.15, 0.2) is 11.5 Å². The van der Waals surface area contributed by atoms with Crippen molar-refractivity contribution in [1.82, 2.24) is 5.32 Å². The van der Waals surface area contributed by atoms with Crippen molar-refractivity contribution < 1.29 is 14.9 Å². The van der Waals surface area contributed by atoms with Gasteiger partial charge in [0, 0.05) is 6.54 Å². The molecule has 3 N–H and O–H groups in total. The van der Waals surface area contributed by atoms with Gasteiger partial charge in [-0.05, 0) is 38.6 Å². The van der Waals surface area contributed by atoms with Gasteiger partial charge >= 0.3 is 0 Å². The molecule has 0 aliphatic carbocycles. The van der Waals surface area contributed by atoms with Gasteiger partial charge in [0.1, 0.15) is 0 Å². The molecular formula is C12H20BrNO3. The molecule has 0 heterocycles. The molecule has 0 aliphatic heterocycles. The van der Waals surface area contributed by atoms with Crippen molar-refractivity contribution >= 4 is 17.0 Å². The fraction of sp³-hybridized carbons (Fsp3) is 0.500. The molecule has 17 heavy (non-hydrogen) atoms. The SMILES string of the molecule is Br.CNCC(OC(C)C)c1ccc(O)c(O)c1. The minimum Gasteiger partial charge on any atom is -0.504 e. The van der Waals surface area contributed by atoms with Crippen LogP contribution in [0.2, 0.25) is 0 Å². The Morgan fingerprint density at radius 1 is 1.24 bits per heavy atom. The number of aromatic hydroxyl groups is 2. The van der Waals surface area contributed by atoms with E-state index in [1.807, 2.05) is 20.9 Å². The molecule has 1 rings (SSSR count). The van der Waals surface area contributed by atoms with Gasteiger partial charge in [0.2, 0.25) is 0 Å². The van der Waals surface area contributed by atoms with E-state index in [1.165, 1.54) is 12.1 Å². The minimum atomic E-state index is -0.128. The number of phenols is 2. The van der Waals surface area contributed by atoms with Crippen LogP contribution in [0.5, 0.6) is 11.5 Å². The zero-order valence-electron chi connectivity index (χ0n) is 10.3. The number of rotatable bonds is 5. The lowest BCUT2D eigenvalue weighted by Gasteiger charge is -2.20. The van der Waals surface area contributed by atoms with Gasteiger partial charge < -0.3 is 20.3 Å². The van der Waals surface area contributed by atoms with E-state index in [-0.39, 0.29) is 40.7 Å². The topological polar surface area (TPSA) is 61.7 Å². The van der Waals surface area contributed by atoms with Crippen molar-refractivity contribution in [3.05, 3.63) is 23.8 Å². The maximum Gasteiger partial charge on any atom is 0.157 e. The molecule has 98 valence electrons. The first-order valence-corrected chi connectivity index (χ1v) is 5.36. The Labute approximate surface area is 112 Å². The lowest BCUT2D eigenvalue weighted by atomic mass is 10.1. The van der Waals surface area contributed by atoms with Crippen molar-refractivity contribution in [1.29, 1.82) is 0 Å². The molecule has 1 unspecified atom stereocenters. The summed E-state index contributed by atoms with van der Waals surface area (Å²) in [5.41, 5.74) is 0.846. The summed E-state index contributed by atoms with van der Waals surface area (Å²) in [6.45, 7) is 4.58. The number of ether oxygens (including phenoxy) is 1. The van der Waals surface area contributed by atoms with Crippen LogP contribution < -0.4 is 5.32 Å². The van der Waals surface area contributed by atoms with E-state index < -0.39 is 0 Å². The largest absolute Gasteiger partial charge is 0.504 e. The van der Waals surface area contributed by atoms with Crippen LogP contribution in [-0.2, 0) is 4.74 Å². The predicted octanol–water partition coefficient (Wildman–Crippen LogP) is 2.36. The summed E-state index contributed by atoms with van der Waals surface area (Å²) < 4.78 is 5.72. The molecule has 1 aromatic rings. The number of phenolic OH excluding ortho intramolecular Hbond substituents is 2. The fourth-order valence-electron chi connectivity index (χ4n) is 1.50. The maximum atomic E-state index is 9.43. The predicted molar refractivity (Wildman–Crippen MR) is 73.0 cm³/mol. The first kappa shape index (κ1) is 16.2. The van der Waals surface area contributed by atoms with Crippen LogP contribution in [0.25, 0.3) is 0 Å². The number of hydrogen-bond donors (Lipinski definition) is 3. The molecule has 1 aromatic carbocycles. The first-order valence-electron chi connectivity index (χ1n) is 5.36. The summed E-state index contributed by atoms with van der Waals surface area (Å²) in [6.07, 6.45) is -0.0224. The average Bonchev–Trinajstić information content (AvgIpc) is 2.21. The van der Waals surface area contributed by atoms with Crippen molar-refractivity contribution in [2.24, 2.45) is 0 Å². The Kier molecular flexibility index (Phi) is 7.18. The van der Waals surface area contributed by atoms with Crippen molar-refractivity contribution in [3.8, 4) is 11.5 Å². The molecule has 0 radical (unpaired) electrons. The highest BCUT2D eigenvalue weighted by Crippen LogP contribution is 2.29.